The minimum absolute atomic E-state index is 0.106. The van der Waals surface area contributed by atoms with Crippen LogP contribution in [0, 0.1) is 6.92 Å². The summed E-state index contributed by atoms with van der Waals surface area (Å²) in [5.74, 6) is 0.815. The lowest BCUT2D eigenvalue weighted by Crippen LogP contribution is -2.26. The Morgan fingerprint density at radius 2 is 1.74 bits per heavy atom. The standard InChI is InChI=1S/C21H21N3O3/c1-14-3-5-16(6-4-14)13-22-21(26)18-12-20(25)24-19(23-18)11-15-7-9-17(27-2)10-8-15/h3-10,12H,11,13H2,1-2H3,(H,22,26)(H,23,24,25). The van der Waals surface area contributed by atoms with Crippen LogP contribution < -0.4 is 15.6 Å². The second kappa shape index (κ2) is 8.31. The zero-order chi connectivity index (χ0) is 19.2. The normalized spacial score (nSPS) is 10.4. The number of aryl methyl sites for hydroxylation is 1. The van der Waals surface area contributed by atoms with Crippen LogP contribution in [0.3, 0.4) is 0 Å². The molecule has 1 aromatic heterocycles. The van der Waals surface area contributed by atoms with Crippen LogP contribution in [0.2, 0.25) is 0 Å². The van der Waals surface area contributed by atoms with Gasteiger partial charge in [-0.1, -0.05) is 42.0 Å². The molecular formula is C21H21N3O3. The molecule has 0 fully saturated rings. The molecule has 0 spiro atoms. The number of aromatic amines is 1. The number of aromatic nitrogens is 2. The molecule has 0 radical (unpaired) electrons. The van der Waals surface area contributed by atoms with Crippen LogP contribution in [0.5, 0.6) is 5.75 Å². The highest BCUT2D eigenvalue weighted by atomic mass is 16.5. The van der Waals surface area contributed by atoms with E-state index >= 15 is 0 Å². The number of amides is 1. The molecule has 0 unspecified atom stereocenters. The molecule has 3 rings (SSSR count). The highest BCUT2D eigenvalue weighted by Gasteiger charge is 2.11. The highest BCUT2D eigenvalue weighted by Crippen LogP contribution is 2.13. The Bertz CT molecular complexity index is 977. The number of hydrogen-bond acceptors (Lipinski definition) is 4. The zero-order valence-corrected chi connectivity index (χ0v) is 15.3. The Morgan fingerprint density at radius 1 is 1.07 bits per heavy atom. The van der Waals surface area contributed by atoms with Gasteiger partial charge in [-0.05, 0) is 30.2 Å². The summed E-state index contributed by atoms with van der Waals surface area (Å²) in [4.78, 5) is 31.3. The maximum Gasteiger partial charge on any atom is 0.270 e. The smallest absolute Gasteiger partial charge is 0.270 e. The summed E-state index contributed by atoms with van der Waals surface area (Å²) < 4.78 is 5.13. The van der Waals surface area contributed by atoms with Gasteiger partial charge in [0, 0.05) is 19.0 Å². The third-order valence-corrected chi connectivity index (χ3v) is 4.13. The summed E-state index contributed by atoms with van der Waals surface area (Å²) in [5.41, 5.74) is 2.85. The lowest BCUT2D eigenvalue weighted by atomic mass is 10.1. The second-order valence-corrected chi connectivity index (χ2v) is 6.27. The van der Waals surface area contributed by atoms with Gasteiger partial charge in [-0.25, -0.2) is 4.98 Å². The lowest BCUT2D eigenvalue weighted by molar-refractivity contribution is 0.0945. The van der Waals surface area contributed by atoms with Gasteiger partial charge < -0.3 is 15.0 Å². The van der Waals surface area contributed by atoms with E-state index in [1.54, 1.807) is 7.11 Å². The summed E-state index contributed by atoms with van der Waals surface area (Å²) in [5, 5.41) is 2.80. The predicted octanol–water partition coefficient (Wildman–Crippen LogP) is 2.61. The molecule has 6 nitrogen and oxygen atoms in total. The van der Waals surface area contributed by atoms with Gasteiger partial charge in [0.05, 0.1) is 7.11 Å². The third kappa shape index (κ3) is 5.04. The lowest BCUT2D eigenvalue weighted by Gasteiger charge is -2.07. The first-order valence-corrected chi connectivity index (χ1v) is 8.60. The maximum atomic E-state index is 12.4. The van der Waals surface area contributed by atoms with Gasteiger partial charge in [0.2, 0.25) is 0 Å². The number of ether oxygens (including phenoxy) is 1. The zero-order valence-electron chi connectivity index (χ0n) is 15.3. The third-order valence-electron chi connectivity index (χ3n) is 4.13. The van der Waals surface area contributed by atoms with Gasteiger partial charge in [0.25, 0.3) is 11.5 Å². The molecule has 2 aromatic carbocycles. The summed E-state index contributed by atoms with van der Waals surface area (Å²) in [6, 6.07) is 16.6. The average molecular weight is 363 g/mol. The number of hydrogen-bond donors (Lipinski definition) is 2. The van der Waals surface area contributed by atoms with Crippen molar-refractivity contribution in [2.75, 3.05) is 7.11 Å². The van der Waals surface area contributed by atoms with E-state index in [9.17, 15) is 9.59 Å². The highest BCUT2D eigenvalue weighted by molar-refractivity contribution is 5.92. The van der Waals surface area contributed by atoms with Crippen LogP contribution in [-0.2, 0) is 13.0 Å². The molecule has 2 N–H and O–H groups in total. The van der Waals surface area contributed by atoms with Crippen molar-refractivity contribution in [3.05, 3.63) is 93.2 Å². The Labute approximate surface area is 157 Å². The summed E-state index contributed by atoms with van der Waals surface area (Å²) in [6.45, 7) is 2.38. The van der Waals surface area contributed by atoms with Crippen molar-refractivity contribution in [1.82, 2.24) is 15.3 Å². The number of carbonyl (C=O) groups excluding carboxylic acids is 1. The van der Waals surface area contributed by atoms with Crippen LogP contribution in [-0.4, -0.2) is 23.0 Å². The Hall–Kier alpha value is -3.41. The first-order chi connectivity index (χ1) is 13.0. The summed E-state index contributed by atoms with van der Waals surface area (Å²) in [7, 11) is 1.60. The van der Waals surface area contributed by atoms with Gasteiger partial charge in [-0.15, -0.1) is 0 Å². The average Bonchev–Trinajstić information content (AvgIpc) is 2.67. The maximum absolute atomic E-state index is 12.4. The quantitative estimate of drug-likeness (QED) is 0.705. The number of carbonyl (C=O) groups is 1. The molecule has 0 atom stereocenters. The number of rotatable bonds is 6. The first kappa shape index (κ1) is 18.4. The summed E-state index contributed by atoms with van der Waals surface area (Å²) in [6.07, 6.45) is 0.415. The van der Waals surface area contributed by atoms with E-state index in [1.807, 2.05) is 55.5 Å². The molecule has 0 saturated heterocycles. The molecule has 27 heavy (non-hydrogen) atoms. The van der Waals surface area contributed by atoms with Crippen LogP contribution >= 0.6 is 0 Å². The van der Waals surface area contributed by atoms with Crippen molar-refractivity contribution < 1.29 is 9.53 Å². The molecule has 3 aromatic rings. The Morgan fingerprint density at radius 3 is 2.41 bits per heavy atom. The fraction of sp³-hybridized carbons (Fsp3) is 0.190. The SMILES string of the molecule is COc1ccc(Cc2nc(C(=O)NCc3ccc(C)cc3)cc(=O)[nH]2)cc1. The molecule has 0 saturated carbocycles. The van der Waals surface area contributed by atoms with Crippen molar-refractivity contribution in [1.29, 1.82) is 0 Å². The number of benzene rings is 2. The monoisotopic (exact) mass is 363 g/mol. The molecule has 1 amide bonds. The molecule has 0 aliphatic heterocycles. The van der Waals surface area contributed by atoms with Gasteiger partial charge in [0.1, 0.15) is 17.3 Å². The Kier molecular flexibility index (Phi) is 5.66. The number of nitrogens with one attached hydrogen (secondary N) is 2. The molecular weight excluding hydrogens is 342 g/mol. The van der Waals surface area contributed by atoms with Gasteiger partial charge in [0.15, 0.2) is 0 Å². The van der Waals surface area contributed by atoms with Gasteiger partial charge in [-0.2, -0.15) is 0 Å². The van der Waals surface area contributed by atoms with Gasteiger partial charge in [-0.3, -0.25) is 9.59 Å². The van der Waals surface area contributed by atoms with Crippen LogP contribution in [0.15, 0.2) is 59.4 Å². The van der Waals surface area contributed by atoms with Crippen molar-refractivity contribution in [3.63, 3.8) is 0 Å². The van der Waals surface area contributed by atoms with E-state index in [0.29, 0.717) is 18.8 Å². The number of nitrogens with zero attached hydrogens (tertiary/aromatic N) is 1. The first-order valence-electron chi connectivity index (χ1n) is 8.60. The minimum Gasteiger partial charge on any atom is -0.497 e. The molecule has 0 bridgehead atoms. The van der Waals surface area contributed by atoms with E-state index in [-0.39, 0.29) is 17.2 Å². The fourth-order valence-electron chi connectivity index (χ4n) is 2.62. The molecule has 138 valence electrons. The van der Waals surface area contributed by atoms with E-state index in [1.165, 1.54) is 6.07 Å². The van der Waals surface area contributed by atoms with Crippen molar-refractivity contribution in [2.45, 2.75) is 19.9 Å². The summed E-state index contributed by atoms with van der Waals surface area (Å²) >= 11 is 0. The van der Waals surface area contributed by atoms with Crippen LogP contribution in [0.1, 0.15) is 33.0 Å². The minimum atomic E-state index is -0.377. The van der Waals surface area contributed by atoms with Crippen LogP contribution in [0.25, 0.3) is 0 Å². The van der Waals surface area contributed by atoms with Crippen molar-refractivity contribution in [3.8, 4) is 5.75 Å². The van der Waals surface area contributed by atoms with Crippen molar-refractivity contribution in [2.24, 2.45) is 0 Å². The van der Waals surface area contributed by atoms with E-state index < -0.39 is 0 Å². The number of methoxy groups -OCH3 is 1. The van der Waals surface area contributed by atoms with Crippen molar-refractivity contribution >= 4 is 5.91 Å². The van der Waals surface area contributed by atoms with Crippen LogP contribution in [0.4, 0.5) is 0 Å². The van der Waals surface area contributed by atoms with E-state index in [2.05, 4.69) is 15.3 Å². The molecule has 0 aliphatic carbocycles. The predicted molar refractivity (Wildman–Crippen MR) is 103 cm³/mol. The molecule has 0 aliphatic rings. The second-order valence-electron chi connectivity index (χ2n) is 6.27. The largest absolute Gasteiger partial charge is 0.497 e. The van der Waals surface area contributed by atoms with Gasteiger partial charge >= 0.3 is 0 Å². The fourth-order valence-corrected chi connectivity index (χ4v) is 2.62. The molecule has 6 heteroatoms. The number of H-pyrrole nitrogens is 1. The topological polar surface area (TPSA) is 84.1 Å². The Balaban J connectivity index is 1.70. The molecule has 1 heterocycles. The van der Waals surface area contributed by atoms with E-state index in [4.69, 9.17) is 4.74 Å². The van der Waals surface area contributed by atoms with E-state index in [0.717, 1.165) is 22.4 Å².